The number of likely N-dealkylation sites (tertiary alicyclic amines) is 1. The van der Waals surface area contributed by atoms with Gasteiger partial charge in [-0.1, -0.05) is 6.92 Å². The van der Waals surface area contributed by atoms with Crippen LogP contribution in [0.4, 0.5) is 0 Å². The van der Waals surface area contributed by atoms with Gasteiger partial charge in [-0.2, -0.15) is 0 Å². The fourth-order valence-corrected chi connectivity index (χ4v) is 2.48. The summed E-state index contributed by atoms with van der Waals surface area (Å²) >= 11 is 0. The minimum Gasteiger partial charge on any atom is -0.317 e. The maximum absolute atomic E-state index is 11.1. The number of nitrogens with zero attached hydrogens (tertiary/aromatic N) is 1. The minimum atomic E-state index is -0.668. The molecule has 1 rings (SSSR count). The molecular formula is C12H26N2OS. The average Bonchev–Trinajstić information content (AvgIpc) is 2.75. The number of hydrogen-bond acceptors (Lipinski definition) is 3. The van der Waals surface area contributed by atoms with Crippen LogP contribution in [0.15, 0.2) is 0 Å². The summed E-state index contributed by atoms with van der Waals surface area (Å²) < 4.78 is 11.1. The highest BCUT2D eigenvalue weighted by atomic mass is 32.2. The molecule has 16 heavy (non-hydrogen) atoms. The monoisotopic (exact) mass is 246 g/mol. The van der Waals surface area contributed by atoms with Gasteiger partial charge in [0.2, 0.25) is 0 Å². The third kappa shape index (κ3) is 5.97. The van der Waals surface area contributed by atoms with Crippen molar-refractivity contribution >= 4 is 10.8 Å². The molecule has 0 saturated carbocycles. The average molecular weight is 246 g/mol. The van der Waals surface area contributed by atoms with Crippen LogP contribution in [0, 0.1) is 0 Å². The van der Waals surface area contributed by atoms with E-state index < -0.39 is 10.8 Å². The molecule has 1 fully saturated rings. The molecule has 0 spiro atoms. The summed E-state index contributed by atoms with van der Waals surface area (Å²) in [5.41, 5.74) is 0. The minimum absolute atomic E-state index is 0.325. The summed E-state index contributed by atoms with van der Waals surface area (Å²) in [6.45, 7) is 7.99. The predicted molar refractivity (Wildman–Crippen MR) is 71.3 cm³/mol. The first kappa shape index (κ1) is 14.1. The molecule has 3 nitrogen and oxygen atoms in total. The summed E-state index contributed by atoms with van der Waals surface area (Å²) in [5.74, 6) is 0. The van der Waals surface area contributed by atoms with Crippen LogP contribution in [-0.4, -0.2) is 53.3 Å². The van der Waals surface area contributed by atoms with Gasteiger partial charge in [0.15, 0.2) is 0 Å². The van der Waals surface area contributed by atoms with Crippen LogP contribution in [0.1, 0.15) is 32.6 Å². The molecule has 1 saturated heterocycles. The molecule has 1 aliphatic rings. The first-order valence-corrected chi connectivity index (χ1v) is 8.07. The van der Waals surface area contributed by atoms with E-state index in [0.717, 1.165) is 19.5 Å². The normalized spacial score (nSPS) is 21.1. The second-order valence-corrected chi connectivity index (χ2v) is 6.55. The molecule has 0 aromatic rings. The Morgan fingerprint density at radius 2 is 2.00 bits per heavy atom. The fraction of sp³-hybridized carbons (Fsp3) is 1.00. The van der Waals surface area contributed by atoms with Gasteiger partial charge in [0.25, 0.3) is 0 Å². The predicted octanol–water partition coefficient (Wildman–Crippen LogP) is 1.22. The Hall–Kier alpha value is 0.0700. The first-order chi connectivity index (χ1) is 7.70. The maximum atomic E-state index is 11.1. The summed E-state index contributed by atoms with van der Waals surface area (Å²) in [6.07, 6.45) is 6.81. The Kier molecular flexibility index (Phi) is 7.25. The smallest absolute Gasteiger partial charge is 0.0329 e. The quantitative estimate of drug-likeness (QED) is 0.654. The lowest BCUT2D eigenvalue weighted by atomic mass is 10.3. The van der Waals surface area contributed by atoms with Gasteiger partial charge in [0, 0.05) is 22.3 Å². The molecule has 2 atom stereocenters. The third-order valence-corrected chi connectivity index (χ3v) is 4.69. The second-order valence-electron chi connectivity index (χ2n) is 4.75. The number of nitrogens with one attached hydrogen (secondary N) is 1. The van der Waals surface area contributed by atoms with Crippen molar-refractivity contribution in [3.63, 3.8) is 0 Å². The second kappa shape index (κ2) is 8.20. The summed E-state index contributed by atoms with van der Waals surface area (Å²) in [6, 6.07) is 0. The standard InChI is InChI=1S/C12H26N2OS/c1-12(16(2)15)6-8-13-7-5-11-14-9-3-4-10-14/h12-13H,3-11H2,1-2H3. The zero-order chi connectivity index (χ0) is 11.8. The van der Waals surface area contributed by atoms with E-state index in [9.17, 15) is 4.21 Å². The van der Waals surface area contributed by atoms with Crippen molar-refractivity contribution in [2.45, 2.75) is 37.9 Å². The molecule has 0 radical (unpaired) electrons. The van der Waals surface area contributed by atoms with E-state index in [4.69, 9.17) is 0 Å². The molecule has 1 heterocycles. The Labute approximate surface area is 102 Å². The van der Waals surface area contributed by atoms with Crippen LogP contribution >= 0.6 is 0 Å². The SMILES string of the molecule is CC(CCNCCCN1CCCC1)S(C)=O. The number of hydrogen-bond donors (Lipinski definition) is 1. The van der Waals surface area contributed by atoms with Crippen molar-refractivity contribution in [3.8, 4) is 0 Å². The fourth-order valence-electron chi connectivity index (χ4n) is 2.03. The van der Waals surface area contributed by atoms with Crippen LogP contribution in [0.3, 0.4) is 0 Å². The van der Waals surface area contributed by atoms with E-state index in [0.29, 0.717) is 5.25 Å². The van der Waals surface area contributed by atoms with Gasteiger partial charge in [-0.25, -0.2) is 0 Å². The first-order valence-electron chi connectivity index (χ1n) is 6.45. The molecular weight excluding hydrogens is 220 g/mol. The molecule has 0 amide bonds. The topological polar surface area (TPSA) is 32.3 Å². The van der Waals surface area contributed by atoms with Crippen molar-refractivity contribution in [1.82, 2.24) is 10.2 Å². The maximum Gasteiger partial charge on any atom is 0.0329 e. The molecule has 0 bridgehead atoms. The summed E-state index contributed by atoms with van der Waals surface area (Å²) in [7, 11) is -0.668. The van der Waals surface area contributed by atoms with Gasteiger partial charge in [-0.15, -0.1) is 0 Å². The van der Waals surface area contributed by atoms with Gasteiger partial charge in [0.05, 0.1) is 0 Å². The Balaban J connectivity index is 1.86. The van der Waals surface area contributed by atoms with Gasteiger partial charge in [-0.3, -0.25) is 4.21 Å². The van der Waals surface area contributed by atoms with Crippen LogP contribution in [0.25, 0.3) is 0 Å². The lowest BCUT2D eigenvalue weighted by Crippen LogP contribution is -2.26. The molecule has 1 N–H and O–H groups in total. The summed E-state index contributed by atoms with van der Waals surface area (Å²) in [4.78, 5) is 2.55. The van der Waals surface area contributed by atoms with Crippen LogP contribution in [0.5, 0.6) is 0 Å². The number of rotatable bonds is 8. The van der Waals surface area contributed by atoms with E-state index in [1.165, 1.54) is 38.9 Å². The lowest BCUT2D eigenvalue weighted by molar-refractivity contribution is 0.331. The highest BCUT2D eigenvalue weighted by molar-refractivity contribution is 7.84. The lowest BCUT2D eigenvalue weighted by Gasteiger charge is -2.14. The van der Waals surface area contributed by atoms with E-state index in [1.54, 1.807) is 6.26 Å². The zero-order valence-corrected chi connectivity index (χ0v) is 11.5. The highest BCUT2D eigenvalue weighted by Crippen LogP contribution is 2.06. The highest BCUT2D eigenvalue weighted by Gasteiger charge is 2.10. The van der Waals surface area contributed by atoms with Gasteiger partial charge < -0.3 is 10.2 Å². The Morgan fingerprint density at radius 3 is 2.62 bits per heavy atom. The summed E-state index contributed by atoms with van der Waals surface area (Å²) in [5, 5.41) is 3.76. The third-order valence-electron chi connectivity index (χ3n) is 3.32. The van der Waals surface area contributed by atoms with Crippen molar-refractivity contribution in [3.05, 3.63) is 0 Å². The molecule has 1 aliphatic heterocycles. The van der Waals surface area contributed by atoms with E-state index in [-0.39, 0.29) is 0 Å². The van der Waals surface area contributed by atoms with E-state index >= 15 is 0 Å². The van der Waals surface area contributed by atoms with Crippen LogP contribution in [0.2, 0.25) is 0 Å². The molecule has 4 heteroatoms. The van der Waals surface area contributed by atoms with Crippen LogP contribution < -0.4 is 5.32 Å². The van der Waals surface area contributed by atoms with Gasteiger partial charge >= 0.3 is 0 Å². The van der Waals surface area contributed by atoms with E-state index in [1.807, 2.05) is 0 Å². The van der Waals surface area contributed by atoms with Gasteiger partial charge in [-0.05, 0) is 58.4 Å². The van der Waals surface area contributed by atoms with Crippen LogP contribution in [-0.2, 0) is 10.8 Å². The molecule has 0 aliphatic carbocycles. The Morgan fingerprint density at radius 1 is 1.31 bits per heavy atom. The van der Waals surface area contributed by atoms with Gasteiger partial charge in [0.1, 0.15) is 0 Å². The van der Waals surface area contributed by atoms with Crippen molar-refractivity contribution in [1.29, 1.82) is 0 Å². The van der Waals surface area contributed by atoms with Crippen molar-refractivity contribution in [2.24, 2.45) is 0 Å². The van der Waals surface area contributed by atoms with Crippen molar-refractivity contribution in [2.75, 3.05) is 39.0 Å². The molecule has 2 unspecified atom stereocenters. The molecule has 96 valence electrons. The molecule has 0 aromatic carbocycles. The van der Waals surface area contributed by atoms with Crippen molar-refractivity contribution < 1.29 is 4.21 Å². The largest absolute Gasteiger partial charge is 0.317 e. The molecule has 0 aromatic heterocycles. The zero-order valence-electron chi connectivity index (χ0n) is 10.7. The van der Waals surface area contributed by atoms with E-state index in [2.05, 4.69) is 17.1 Å². The Bertz CT molecular complexity index is 205.